The second-order valence-corrected chi connectivity index (χ2v) is 5.53. The molecule has 0 aliphatic carbocycles. The predicted molar refractivity (Wildman–Crippen MR) is 88.0 cm³/mol. The molecule has 124 valence electrons. The third-order valence-electron chi connectivity index (χ3n) is 3.86. The number of hydrogen-bond donors (Lipinski definition) is 2. The van der Waals surface area contributed by atoms with Crippen LogP contribution in [0.2, 0.25) is 0 Å². The van der Waals surface area contributed by atoms with Crippen molar-refractivity contribution in [3.8, 4) is 18.4 Å². The van der Waals surface area contributed by atoms with Crippen LogP contribution in [0.15, 0.2) is 18.2 Å². The lowest BCUT2D eigenvalue weighted by Gasteiger charge is -2.20. The molecule has 1 aromatic carbocycles. The Kier molecular flexibility index (Phi) is 5.35. The first-order valence-electron chi connectivity index (χ1n) is 7.39. The van der Waals surface area contributed by atoms with Crippen LogP contribution < -0.4 is 16.0 Å². The monoisotopic (exact) mass is 327 g/mol. The van der Waals surface area contributed by atoms with E-state index in [1.807, 2.05) is 11.0 Å². The van der Waals surface area contributed by atoms with Crippen LogP contribution in [0.3, 0.4) is 0 Å². The summed E-state index contributed by atoms with van der Waals surface area (Å²) in [5, 5.41) is 22.9. The van der Waals surface area contributed by atoms with E-state index < -0.39 is 11.0 Å². The molecule has 24 heavy (non-hydrogen) atoms. The van der Waals surface area contributed by atoms with Gasteiger partial charge in [0.1, 0.15) is 6.07 Å². The van der Waals surface area contributed by atoms with Gasteiger partial charge in [-0.1, -0.05) is 0 Å². The Bertz CT molecular complexity index is 734. The molecule has 1 saturated heterocycles. The molecule has 1 aliphatic heterocycles. The van der Waals surface area contributed by atoms with Gasteiger partial charge in [-0.15, -0.1) is 12.3 Å². The van der Waals surface area contributed by atoms with E-state index in [1.165, 1.54) is 12.1 Å². The van der Waals surface area contributed by atoms with Gasteiger partial charge >= 0.3 is 0 Å². The second kappa shape index (κ2) is 7.44. The van der Waals surface area contributed by atoms with E-state index >= 15 is 0 Å². The Hall–Kier alpha value is -3.10. The highest BCUT2D eigenvalue weighted by Gasteiger charge is 2.27. The molecule has 1 amide bonds. The summed E-state index contributed by atoms with van der Waals surface area (Å²) < 4.78 is 0. The maximum absolute atomic E-state index is 11.9. The van der Waals surface area contributed by atoms with Gasteiger partial charge in [0.25, 0.3) is 5.69 Å². The molecule has 0 bridgehead atoms. The molecule has 1 aliphatic rings. The molecule has 1 fully saturated rings. The number of benzene rings is 1. The Balaban J connectivity index is 2.06. The number of amides is 1. The molecule has 0 unspecified atom stereocenters. The van der Waals surface area contributed by atoms with Crippen LogP contribution >= 0.6 is 0 Å². The van der Waals surface area contributed by atoms with Crippen molar-refractivity contribution in [1.82, 2.24) is 5.32 Å². The highest BCUT2D eigenvalue weighted by Crippen LogP contribution is 2.27. The van der Waals surface area contributed by atoms with E-state index in [0.717, 1.165) is 0 Å². The van der Waals surface area contributed by atoms with Crippen molar-refractivity contribution in [1.29, 1.82) is 5.26 Å². The lowest BCUT2D eigenvalue weighted by atomic mass is 10.1. The van der Waals surface area contributed by atoms with Gasteiger partial charge in [-0.2, -0.15) is 5.26 Å². The molecule has 0 aromatic heterocycles. The molecule has 8 nitrogen and oxygen atoms in total. The number of nitrogens with one attached hydrogen (secondary N) is 1. The molecule has 2 atom stereocenters. The van der Waals surface area contributed by atoms with E-state index in [1.54, 1.807) is 6.07 Å². The maximum Gasteiger partial charge on any atom is 0.270 e. The Morgan fingerprint density at radius 2 is 2.38 bits per heavy atom. The molecule has 3 N–H and O–H groups in total. The van der Waals surface area contributed by atoms with Gasteiger partial charge in [0.05, 0.1) is 22.2 Å². The minimum absolute atomic E-state index is 0.108. The average Bonchev–Trinajstić information content (AvgIpc) is 3.02. The summed E-state index contributed by atoms with van der Waals surface area (Å²) in [7, 11) is 0. The van der Waals surface area contributed by atoms with Gasteiger partial charge in [0.15, 0.2) is 0 Å². The zero-order valence-electron chi connectivity index (χ0n) is 12.9. The third-order valence-corrected chi connectivity index (χ3v) is 3.86. The third kappa shape index (κ3) is 3.80. The van der Waals surface area contributed by atoms with Crippen molar-refractivity contribution < 1.29 is 9.72 Å². The number of non-ortho nitro benzene ring substituents is 1. The van der Waals surface area contributed by atoms with Crippen molar-refractivity contribution in [2.24, 2.45) is 5.73 Å². The number of nitriles is 1. The molecule has 0 radical (unpaired) electrons. The zero-order valence-corrected chi connectivity index (χ0v) is 12.9. The molecule has 1 heterocycles. The smallest absolute Gasteiger partial charge is 0.270 e. The van der Waals surface area contributed by atoms with Crippen LogP contribution in [0.25, 0.3) is 0 Å². The molecule has 8 heteroatoms. The number of anilines is 1. The van der Waals surface area contributed by atoms with Gasteiger partial charge < -0.3 is 16.0 Å². The SMILES string of the molecule is C#CC[C@H](N)C(=O)N[C@H]1CCN(c2ccc([N+](=O)[O-])cc2C#N)C1. The molecular weight excluding hydrogens is 310 g/mol. The zero-order chi connectivity index (χ0) is 17.7. The normalized spacial score (nSPS) is 17.6. The van der Waals surface area contributed by atoms with Gasteiger partial charge in [-0.25, -0.2) is 0 Å². The minimum Gasteiger partial charge on any atom is -0.368 e. The van der Waals surface area contributed by atoms with E-state index in [4.69, 9.17) is 12.2 Å². The number of nitrogens with two attached hydrogens (primary N) is 1. The van der Waals surface area contributed by atoms with Gasteiger partial charge in [0.2, 0.25) is 5.91 Å². The summed E-state index contributed by atoms with van der Waals surface area (Å²) in [6.07, 6.45) is 6.00. The van der Waals surface area contributed by atoms with Crippen LogP contribution in [-0.4, -0.2) is 36.0 Å². The summed E-state index contributed by atoms with van der Waals surface area (Å²) in [5.41, 5.74) is 6.40. The molecule has 0 spiro atoms. The van der Waals surface area contributed by atoms with Crippen LogP contribution in [0, 0.1) is 33.8 Å². The molecule has 2 rings (SSSR count). The van der Waals surface area contributed by atoms with Crippen molar-refractivity contribution in [3.05, 3.63) is 33.9 Å². The van der Waals surface area contributed by atoms with E-state index in [-0.39, 0.29) is 29.6 Å². The fourth-order valence-electron chi connectivity index (χ4n) is 2.63. The fraction of sp³-hybridized carbons (Fsp3) is 0.375. The lowest BCUT2D eigenvalue weighted by molar-refractivity contribution is -0.384. The number of carbonyl (C=O) groups excluding carboxylic acids is 1. The number of hydrogen-bond acceptors (Lipinski definition) is 6. The molecular formula is C16H17N5O3. The van der Waals surface area contributed by atoms with Crippen molar-refractivity contribution in [2.75, 3.05) is 18.0 Å². The highest BCUT2D eigenvalue weighted by atomic mass is 16.6. The van der Waals surface area contributed by atoms with Crippen molar-refractivity contribution >= 4 is 17.3 Å². The maximum atomic E-state index is 11.9. The summed E-state index contributed by atoms with van der Waals surface area (Å²) in [6, 6.07) is 5.32. The summed E-state index contributed by atoms with van der Waals surface area (Å²) in [4.78, 5) is 24.1. The Morgan fingerprint density at radius 1 is 1.62 bits per heavy atom. The van der Waals surface area contributed by atoms with Gasteiger partial charge in [-0.05, 0) is 12.5 Å². The van der Waals surface area contributed by atoms with Crippen molar-refractivity contribution in [3.63, 3.8) is 0 Å². The van der Waals surface area contributed by atoms with Crippen LogP contribution in [-0.2, 0) is 4.79 Å². The number of nitrogens with zero attached hydrogens (tertiary/aromatic N) is 3. The Morgan fingerprint density at radius 3 is 3.00 bits per heavy atom. The number of terminal acetylenes is 1. The van der Waals surface area contributed by atoms with Gasteiger partial charge in [0, 0.05) is 37.7 Å². The Labute approximate surface area is 139 Å². The number of nitro benzene ring substituents is 1. The average molecular weight is 327 g/mol. The topological polar surface area (TPSA) is 125 Å². The van der Waals surface area contributed by atoms with Crippen molar-refractivity contribution in [2.45, 2.75) is 24.9 Å². The van der Waals surface area contributed by atoms with Crippen LogP contribution in [0.4, 0.5) is 11.4 Å². The number of carbonyl (C=O) groups is 1. The summed E-state index contributed by atoms with van der Waals surface area (Å²) >= 11 is 0. The lowest BCUT2D eigenvalue weighted by Crippen LogP contribution is -2.46. The first kappa shape index (κ1) is 17.3. The van der Waals surface area contributed by atoms with E-state index in [2.05, 4.69) is 11.2 Å². The van der Waals surface area contributed by atoms with Gasteiger partial charge in [-0.3, -0.25) is 14.9 Å². The number of rotatable bonds is 5. The van der Waals surface area contributed by atoms with Crippen LogP contribution in [0.1, 0.15) is 18.4 Å². The summed E-state index contributed by atoms with van der Waals surface area (Å²) in [5.74, 6) is 2.05. The molecule has 0 saturated carbocycles. The largest absolute Gasteiger partial charge is 0.368 e. The summed E-state index contributed by atoms with van der Waals surface area (Å²) in [6.45, 7) is 1.13. The predicted octanol–water partition coefficient (Wildman–Crippen LogP) is 0.512. The highest BCUT2D eigenvalue weighted by molar-refractivity contribution is 5.82. The fourth-order valence-corrected chi connectivity index (χ4v) is 2.63. The van der Waals surface area contributed by atoms with Crippen LogP contribution in [0.5, 0.6) is 0 Å². The standard InChI is InChI=1S/C16H17N5O3/c1-2-3-14(18)16(22)19-12-6-7-20(10-12)15-5-4-13(21(23)24)8-11(15)9-17/h1,4-5,8,12,14H,3,6-7,10,18H2,(H,19,22)/t12-,14-/m0/s1. The number of nitro groups is 1. The second-order valence-electron chi connectivity index (χ2n) is 5.53. The van der Waals surface area contributed by atoms with E-state index in [0.29, 0.717) is 25.2 Å². The molecule has 1 aromatic rings. The van der Waals surface area contributed by atoms with E-state index in [9.17, 15) is 20.2 Å². The minimum atomic E-state index is -0.738. The first-order valence-corrected chi connectivity index (χ1v) is 7.39. The quantitative estimate of drug-likeness (QED) is 0.461. The first-order chi connectivity index (χ1) is 11.5.